The highest BCUT2D eigenvalue weighted by molar-refractivity contribution is 5.76. The molecule has 0 atom stereocenters. The SMILES string of the molecule is Cc1cc(C)n(CCNC(=O)CCc2cnn(C)c2C)n1. The van der Waals surface area contributed by atoms with Crippen LogP contribution in [-0.4, -0.2) is 32.0 Å². The Hall–Kier alpha value is -2.11. The summed E-state index contributed by atoms with van der Waals surface area (Å²) in [4.78, 5) is 11.8. The molecule has 0 aliphatic heterocycles. The van der Waals surface area contributed by atoms with E-state index in [0.717, 1.165) is 29.1 Å². The Kier molecular flexibility index (Phi) is 4.77. The van der Waals surface area contributed by atoms with Crippen LogP contribution in [0.25, 0.3) is 0 Å². The number of hydrogen-bond donors (Lipinski definition) is 1. The molecule has 114 valence electrons. The summed E-state index contributed by atoms with van der Waals surface area (Å²) < 4.78 is 3.75. The van der Waals surface area contributed by atoms with Crippen molar-refractivity contribution in [3.05, 3.63) is 34.9 Å². The van der Waals surface area contributed by atoms with Gasteiger partial charge in [0.05, 0.1) is 18.4 Å². The zero-order chi connectivity index (χ0) is 15.4. The number of rotatable bonds is 6. The van der Waals surface area contributed by atoms with E-state index in [9.17, 15) is 4.79 Å². The van der Waals surface area contributed by atoms with Crippen molar-refractivity contribution in [3.8, 4) is 0 Å². The van der Waals surface area contributed by atoms with Gasteiger partial charge >= 0.3 is 0 Å². The van der Waals surface area contributed by atoms with Crippen molar-refractivity contribution in [3.63, 3.8) is 0 Å². The molecule has 0 aliphatic carbocycles. The van der Waals surface area contributed by atoms with Gasteiger partial charge in [-0.15, -0.1) is 0 Å². The van der Waals surface area contributed by atoms with Crippen LogP contribution in [0.3, 0.4) is 0 Å². The Balaban J connectivity index is 1.73. The molecular weight excluding hydrogens is 266 g/mol. The minimum absolute atomic E-state index is 0.0692. The van der Waals surface area contributed by atoms with E-state index in [0.29, 0.717) is 19.5 Å². The Bertz CT molecular complexity index is 626. The molecule has 21 heavy (non-hydrogen) atoms. The van der Waals surface area contributed by atoms with Crippen LogP contribution < -0.4 is 5.32 Å². The normalized spacial score (nSPS) is 10.9. The van der Waals surface area contributed by atoms with Crippen LogP contribution in [0.1, 0.15) is 29.1 Å². The molecule has 0 fully saturated rings. The number of carbonyl (C=O) groups excluding carboxylic acids is 1. The fourth-order valence-electron chi connectivity index (χ4n) is 2.33. The summed E-state index contributed by atoms with van der Waals surface area (Å²) in [5, 5.41) is 11.5. The lowest BCUT2D eigenvalue weighted by atomic mass is 10.1. The third kappa shape index (κ3) is 3.93. The number of aryl methyl sites for hydroxylation is 4. The van der Waals surface area contributed by atoms with E-state index in [1.54, 1.807) is 0 Å². The standard InChI is InChI=1S/C15H23N5O/c1-11-9-12(2)20(18-11)8-7-16-15(21)6-5-14-10-17-19(4)13(14)3/h9-10H,5-8H2,1-4H3,(H,16,21). The molecule has 0 aromatic carbocycles. The maximum absolute atomic E-state index is 11.8. The van der Waals surface area contributed by atoms with E-state index >= 15 is 0 Å². The van der Waals surface area contributed by atoms with Crippen molar-refractivity contribution >= 4 is 5.91 Å². The van der Waals surface area contributed by atoms with Gasteiger partial charge in [0.25, 0.3) is 0 Å². The Labute approximate surface area is 125 Å². The minimum Gasteiger partial charge on any atom is -0.354 e. The van der Waals surface area contributed by atoms with Crippen LogP contribution in [0, 0.1) is 20.8 Å². The average Bonchev–Trinajstić information content (AvgIpc) is 2.91. The number of hydrogen-bond acceptors (Lipinski definition) is 3. The predicted molar refractivity (Wildman–Crippen MR) is 81.0 cm³/mol. The first kappa shape index (κ1) is 15.3. The molecule has 6 nitrogen and oxygen atoms in total. The fraction of sp³-hybridized carbons (Fsp3) is 0.533. The van der Waals surface area contributed by atoms with Crippen LogP contribution in [0.5, 0.6) is 0 Å². The van der Waals surface area contributed by atoms with Gasteiger partial charge < -0.3 is 5.32 Å². The second-order valence-electron chi connectivity index (χ2n) is 5.38. The zero-order valence-corrected chi connectivity index (χ0v) is 13.2. The van der Waals surface area contributed by atoms with Crippen LogP contribution in [0.2, 0.25) is 0 Å². The topological polar surface area (TPSA) is 64.7 Å². The van der Waals surface area contributed by atoms with E-state index in [1.807, 2.05) is 49.4 Å². The van der Waals surface area contributed by atoms with Crippen molar-refractivity contribution in [1.82, 2.24) is 24.9 Å². The van der Waals surface area contributed by atoms with Gasteiger partial charge in [0, 0.05) is 31.4 Å². The largest absolute Gasteiger partial charge is 0.354 e. The van der Waals surface area contributed by atoms with E-state index in [-0.39, 0.29) is 5.91 Å². The number of aromatic nitrogens is 4. The third-order valence-corrected chi connectivity index (χ3v) is 3.71. The average molecular weight is 289 g/mol. The monoisotopic (exact) mass is 289 g/mol. The molecule has 2 aromatic rings. The van der Waals surface area contributed by atoms with Gasteiger partial charge in [-0.1, -0.05) is 0 Å². The fourth-order valence-corrected chi connectivity index (χ4v) is 2.33. The van der Waals surface area contributed by atoms with Crippen molar-refractivity contribution in [2.75, 3.05) is 6.54 Å². The first-order valence-corrected chi connectivity index (χ1v) is 7.22. The van der Waals surface area contributed by atoms with Crippen LogP contribution in [-0.2, 0) is 24.8 Å². The summed E-state index contributed by atoms with van der Waals surface area (Å²) in [7, 11) is 1.91. The van der Waals surface area contributed by atoms with E-state index in [4.69, 9.17) is 0 Å². The molecule has 0 bridgehead atoms. The maximum atomic E-state index is 11.8. The Morgan fingerprint density at radius 1 is 1.33 bits per heavy atom. The third-order valence-electron chi connectivity index (χ3n) is 3.71. The highest BCUT2D eigenvalue weighted by atomic mass is 16.1. The molecule has 0 spiro atoms. The summed E-state index contributed by atoms with van der Waals surface area (Å²) >= 11 is 0. The maximum Gasteiger partial charge on any atom is 0.220 e. The summed E-state index contributed by atoms with van der Waals surface area (Å²) in [6, 6.07) is 2.03. The second kappa shape index (κ2) is 6.56. The Morgan fingerprint density at radius 3 is 2.67 bits per heavy atom. The van der Waals surface area contributed by atoms with Crippen LogP contribution in [0.15, 0.2) is 12.3 Å². The van der Waals surface area contributed by atoms with Crippen molar-refractivity contribution < 1.29 is 4.79 Å². The van der Waals surface area contributed by atoms with Gasteiger partial charge in [-0.3, -0.25) is 14.2 Å². The van der Waals surface area contributed by atoms with Crippen molar-refractivity contribution in [2.45, 2.75) is 40.2 Å². The molecule has 0 saturated carbocycles. The molecule has 2 heterocycles. The summed E-state index contributed by atoms with van der Waals surface area (Å²) in [5.74, 6) is 0.0692. The molecular formula is C15H23N5O. The lowest BCUT2D eigenvalue weighted by molar-refractivity contribution is -0.121. The van der Waals surface area contributed by atoms with E-state index < -0.39 is 0 Å². The first-order chi connectivity index (χ1) is 9.97. The van der Waals surface area contributed by atoms with Gasteiger partial charge in [-0.2, -0.15) is 10.2 Å². The molecule has 0 saturated heterocycles. The van der Waals surface area contributed by atoms with Gasteiger partial charge in [-0.25, -0.2) is 0 Å². The number of nitrogens with one attached hydrogen (secondary N) is 1. The molecule has 2 aromatic heterocycles. The number of carbonyl (C=O) groups is 1. The molecule has 1 amide bonds. The first-order valence-electron chi connectivity index (χ1n) is 7.22. The van der Waals surface area contributed by atoms with Gasteiger partial charge in [0.1, 0.15) is 0 Å². The lowest BCUT2D eigenvalue weighted by Crippen LogP contribution is -2.28. The molecule has 0 unspecified atom stereocenters. The van der Waals surface area contributed by atoms with E-state index in [1.165, 1.54) is 0 Å². The quantitative estimate of drug-likeness (QED) is 0.871. The number of nitrogens with zero attached hydrogens (tertiary/aromatic N) is 4. The van der Waals surface area contributed by atoms with Crippen LogP contribution >= 0.6 is 0 Å². The van der Waals surface area contributed by atoms with Crippen molar-refractivity contribution in [1.29, 1.82) is 0 Å². The molecule has 0 aliphatic rings. The van der Waals surface area contributed by atoms with Gasteiger partial charge in [-0.05, 0) is 38.8 Å². The summed E-state index contributed by atoms with van der Waals surface area (Å²) in [5.41, 5.74) is 4.37. The summed E-state index contributed by atoms with van der Waals surface area (Å²) in [6.45, 7) is 7.32. The predicted octanol–water partition coefficient (Wildman–Crippen LogP) is 1.29. The highest BCUT2D eigenvalue weighted by Crippen LogP contribution is 2.08. The smallest absolute Gasteiger partial charge is 0.220 e. The molecule has 6 heteroatoms. The summed E-state index contributed by atoms with van der Waals surface area (Å²) in [6.07, 6.45) is 3.05. The van der Waals surface area contributed by atoms with Crippen molar-refractivity contribution in [2.24, 2.45) is 7.05 Å². The van der Waals surface area contributed by atoms with Gasteiger partial charge in [0.2, 0.25) is 5.91 Å². The molecule has 2 rings (SSSR count). The Morgan fingerprint density at radius 2 is 2.10 bits per heavy atom. The number of amides is 1. The van der Waals surface area contributed by atoms with Gasteiger partial charge in [0.15, 0.2) is 0 Å². The zero-order valence-electron chi connectivity index (χ0n) is 13.2. The molecule has 0 radical (unpaired) electrons. The molecule has 1 N–H and O–H groups in total. The van der Waals surface area contributed by atoms with E-state index in [2.05, 4.69) is 15.5 Å². The highest BCUT2D eigenvalue weighted by Gasteiger charge is 2.07. The minimum atomic E-state index is 0.0692. The lowest BCUT2D eigenvalue weighted by Gasteiger charge is -2.07. The van der Waals surface area contributed by atoms with Crippen LogP contribution in [0.4, 0.5) is 0 Å². The second-order valence-corrected chi connectivity index (χ2v) is 5.38.